The molecule has 6 nitrogen and oxygen atoms in total. The van der Waals surface area contributed by atoms with Gasteiger partial charge in [0.1, 0.15) is 0 Å². The number of imide groups is 1. The van der Waals surface area contributed by atoms with Crippen LogP contribution in [-0.2, 0) is 4.79 Å². The second-order valence-corrected chi connectivity index (χ2v) is 5.27. The number of rotatable bonds is 4. The molecule has 8 heteroatoms. The first-order valence-corrected chi connectivity index (χ1v) is 6.89. The fourth-order valence-electron chi connectivity index (χ4n) is 1.13. The normalized spacial score (nSPS) is 9.79. The Morgan fingerprint density at radius 3 is 2.63 bits per heavy atom. The average molecular weight is 347 g/mol. The van der Waals surface area contributed by atoms with Crippen molar-refractivity contribution in [3.05, 3.63) is 28.2 Å². The quantitative estimate of drug-likeness (QED) is 0.721. The first kappa shape index (κ1) is 15.5. The molecular formula is C11H11BrN2O4S. The van der Waals surface area contributed by atoms with Crippen LogP contribution in [0.2, 0.25) is 0 Å². The molecule has 0 aliphatic carbocycles. The van der Waals surface area contributed by atoms with Crippen LogP contribution in [-0.4, -0.2) is 35.8 Å². The van der Waals surface area contributed by atoms with Crippen LogP contribution in [0.25, 0.3) is 0 Å². The summed E-state index contributed by atoms with van der Waals surface area (Å²) in [6.45, 7) is 0. The smallest absolute Gasteiger partial charge is 0.336 e. The van der Waals surface area contributed by atoms with Gasteiger partial charge in [0.05, 0.1) is 11.3 Å². The molecule has 0 aromatic heterocycles. The second-order valence-electron chi connectivity index (χ2n) is 3.36. The maximum absolute atomic E-state index is 11.4. The van der Waals surface area contributed by atoms with E-state index in [-0.39, 0.29) is 11.3 Å². The van der Waals surface area contributed by atoms with Gasteiger partial charge in [-0.3, -0.25) is 10.1 Å². The van der Waals surface area contributed by atoms with E-state index in [9.17, 15) is 14.4 Å². The number of benzene rings is 1. The van der Waals surface area contributed by atoms with Gasteiger partial charge in [-0.2, -0.15) is 0 Å². The van der Waals surface area contributed by atoms with Gasteiger partial charge in [-0.15, -0.1) is 11.8 Å². The lowest BCUT2D eigenvalue weighted by atomic mass is 10.2. The Labute approximate surface area is 122 Å². The molecule has 3 amide bonds. The first-order valence-electron chi connectivity index (χ1n) is 5.11. The number of aromatic carboxylic acids is 1. The molecule has 1 rings (SSSR count). The number of nitrogens with one attached hydrogen (secondary N) is 2. The van der Waals surface area contributed by atoms with Gasteiger partial charge in [0.25, 0.3) is 0 Å². The number of hydrogen-bond acceptors (Lipinski definition) is 4. The highest BCUT2D eigenvalue weighted by Crippen LogP contribution is 2.24. The molecule has 0 heterocycles. The minimum Gasteiger partial charge on any atom is -0.478 e. The van der Waals surface area contributed by atoms with Crippen molar-refractivity contribution >= 4 is 45.6 Å². The van der Waals surface area contributed by atoms with Crippen molar-refractivity contribution in [3.8, 4) is 0 Å². The van der Waals surface area contributed by atoms with Crippen LogP contribution < -0.4 is 10.6 Å². The van der Waals surface area contributed by atoms with Crippen LogP contribution in [0.4, 0.5) is 4.79 Å². The zero-order chi connectivity index (χ0) is 14.4. The Kier molecular flexibility index (Phi) is 5.84. The van der Waals surface area contributed by atoms with E-state index >= 15 is 0 Å². The molecule has 0 aliphatic rings. The maximum atomic E-state index is 11.4. The van der Waals surface area contributed by atoms with E-state index < -0.39 is 17.9 Å². The topological polar surface area (TPSA) is 95.5 Å². The summed E-state index contributed by atoms with van der Waals surface area (Å²) in [5.41, 5.74) is 0.122. The van der Waals surface area contributed by atoms with Crippen molar-refractivity contribution in [2.75, 3.05) is 12.8 Å². The predicted octanol–water partition coefficient (Wildman–Crippen LogP) is 1.70. The van der Waals surface area contributed by atoms with Gasteiger partial charge in [0.15, 0.2) is 0 Å². The van der Waals surface area contributed by atoms with Crippen LogP contribution in [0.5, 0.6) is 0 Å². The van der Waals surface area contributed by atoms with E-state index in [1.165, 1.54) is 13.1 Å². The lowest BCUT2D eigenvalue weighted by molar-refractivity contribution is -0.117. The molecular weight excluding hydrogens is 336 g/mol. The van der Waals surface area contributed by atoms with Crippen molar-refractivity contribution in [2.45, 2.75) is 4.90 Å². The number of amides is 3. The summed E-state index contributed by atoms with van der Waals surface area (Å²) in [6.07, 6.45) is 0. The van der Waals surface area contributed by atoms with Crippen LogP contribution in [0.1, 0.15) is 10.4 Å². The molecule has 3 N–H and O–H groups in total. The van der Waals surface area contributed by atoms with Crippen LogP contribution in [0.15, 0.2) is 27.6 Å². The predicted molar refractivity (Wildman–Crippen MR) is 74.4 cm³/mol. The Bertz CT molecular complexity index is 521. The van der Waals surface area contributed by atoms with E-state index in [0.29, 0.717) is 9.37 Å². The largest absolute Gasteiger partial charge is 0.478 e. The summed E-state index contributed by atoms with van der Waals surface area (Å²) in [5.74, 6) is -1.48. The van der Waals surface area contributed by atoms with Gasteiger partial charge in [0, 0.05) is 16.4 Å². The minimum absolute atomic E-state index is 0.0219. The summed E-state index contributed by atoms with van der Waals surface area (Å²) in [6, 6.07) is 4.17. The van der Waals surface area contributed by atoms with Crippen molar-refractivity contribution < 1.29 is 19.5 Å². The summed E-state index contributed by atoms with van der Waals surface area (Å²) in [7, 11) is 1.41. The number of carboxylic acid groups (broad SMARTS) is 1. The molecule has 0 fully saturated rings. The lowest BCUT2D eigenvalue weighted by Crippen LogP contribution is -2.38. The molecule has 0 saturated heterocycles. The number of hydrogen-bond donors (Lipinski definition) is 3. The maximum Gasteiger partial charge on any atom is 0.336 e. The number of urea groups is 1. The number of carbonyl (C=O) groups excluding carboxylic acids is 2. The van der Waals surface area contributed by atoms with E-state index in [4.69, 9.17) is 5.11 Å². The fourth-order valence-corrected chi connectivity index (χ4v) is 2.28. The van der Waals surface area contributed by atoms with Gasteiger partial charge in [-0.1, -0.05) is 0 Å². The van der Waals surface area contributed by atoms with Crippen LogP contribution in [0.3, 0.4) is 0 Å². The zero-order valence-corrected chi connectivity index (χ0v) is 12.3. The Hall–Kier alpha value is -1.54. The highest BCUT2D eigenvalue weighted by Gasteiger charge is 2.11. The van der Waals surface area contributed by atoms with Gasteiger partial charge < -0.3 is 10.4 Å². The van der Waals surface area contributed by atoms with E-state index in [0.717, 1.165) is 11.8 Å². The third-order valence-corrected chi connectivity index (χ3v) is 3.70. The molecule has 0 aliphatic heterocycles. The zero-order valence-electron chi connectivity index (χ0n) is 9.90. The van der Waals surface area contributed by atoms with Crippen molar-refractivity contribution in [1.82, 2.24) is 10.6 Å². The monoisotopic (exact) mass is 346 g/mol. The molecule has 0 spiro atoms. The molecule has 0 atom stereocenters. The lowest BCUT2D eigenvalue weighted by Gasteiger charge is -2.05. The van der Waals surface area contributed by atoms with Crippen molar-refractivity contribution in [3.63, 3.8) is 0 Å². The molecule has 0 unspecified atom stereocenters. The van der Waals surface area contributed by atoms with E-state index in [2.05, 4.69) is 26.6 Å². The first-order chi connectivity index (χ1) is 8.93. The number of halogens is 1. The third kappa shape index (κ3) is 4.92. The van der Waals surface area contributed by atoms with Gasteiger partial charge in [0.2, 0.25) is 5.91 Å². The van der Waals surface area contributed by atoms with Crippen LogP contribution in [0, 0.1) is 0 Å². The Balaban J connectivity index is 2.63. The fraction of sp³-hybridized carbons (Fsp3) is 0.182. The highest BCUT2D eigenvalue weighted by atomic mass is 79.9. The molecule has 0 radical (unpaired) electrons. The molecule has 19 heavy (non-hydrogen) atoms. The Morgan fingerprint density at radius 1 is 1.37 bits per heavy atom. The average Bonchev–Trinajstić information content (AvgIpc) is 2.37. The number of thioether (sulfide) groups is 1. The van der Waals surface area contributed by atoms with Crippen LogP contribution >= 0.6 is 27.7 Å². The number of carboxylic acids is 1. The molecule has 1 aromatic carbocycles. The van der Waals surface area contributed by atoms with E-state index in [1.54, 1.807) is 12.1 Å². The molecule has 0 saturated carbocycles. The minimum atomic E-state index is -1.05. The van der Waals surface area contributed by atoms with Gasteiger partial charge in [-0.05, 0) is 34.1 Å². The highest BCUT2D eigenvalue weighted by molar-refractivity contribution is 9.10. The summed E-state index contributed by atoms with van der Waals surface area (Å²) in [4.78, 5) is 33.8. The van der Waals surface area contributed by atoms with Gasteiger partial charge >= 0.3 is 12.0 Å². The second kappa shape index (κ2) is 7.15. The molecule has 102 valence electrons. The molecule has 1 aromatic rings. The SMILES string of the molecule is CNC(=O)NC(=O)CSc1ccc(Br)c(C(=O)O)c1. The summed E-state index contributed by atoms with van der Waals surface area (Å²) >= 11 is 4.28. The summed E-state index contributed by atoms with van der Waals surface area (Å²) in [5, 5.41) is 13.3. The molecule has 0 bridgehead atoms. The van der Waals surface area contributed by atoms with E-state index in [1.807, 2.05) is 0 Å². The van der Waals surface area contributed by atoms with Crippen molar-refractivity contribution in [1.29, 1.82) is 0 Å². The van der Waals surface area contributed by atoms with Gasteiger partial charge in [-0.25, -0.2) is 9.59 Å². The summed E-state index contributed by atoms with van der Waals surface area (Å²) < 4.78 is 0.471. The van der Waals surface area contributed by atoms with Crippen molar-refractivity contribution in [2.24, 2.45) is 0 Å². The Morgan fingerprint density at radius 2 is 2.05 bits per heavy atom. The third-order valence-electron chi connectivity index (χ3n) is 2.02. The standard InChI is InChI=1S/C11H11BrN2O4S/c1-13-11(18)14-9(15)5-19-6-2-3-8(12)7(4-6)10(16)17/h2-4H,5H2,1H3,(H,16,17)(H2,13,14,15,18). The number of carbonyl (C=O) groups is 3.